The maximum absolute atomic E-state index is 11.8. The maximum Gasteiger partial charge on any atom is 0.225 e. The number of carbonyl (C=O) groups excluding carboxylic acids is 1. The van der Waals surface area contributed by atoms with Crippen LogP contribution in [-0.4, -0.2) is 31.0 Å². The molecule has 1 heterocycles. The number of nitrogens with one attached hydrogen (secondary N) is 1. The zero-order chi connectivity index (χ0) is 11.1. The zero-order valence-electron chi connectivity index (χ0n) is 9.30. The molecule has 0 radical (unpaired) electrons. The SMILES string of the molecule is CCC(CCCl)NC(=O)C1CCCOC1. The van der Waals surface area contributed by atoms with Gasteiger partial charge in [0.2, 0.25) is 5.91 Å². The quantitative estimate of drug-likeness (QED) is 0.737. The van der Waals surface area contributed by atoms with Crippen molar-refractivity contribution >= 4 is 17.5 Å². The van der Waals surface area contributed by atoms with Crippen LogP contribution in [0.5, 0.6) is 0 Å². The Morgan fingerprint density at radius 1 is 1.67 bits per heavy atom. The third kappa shape index (κ3) is 4.39. The van der Waals surface area contributed by atoms with Crippen molar-refractivity contribution in [2.24, 2.45) is 5.92 Å². The molecule has 0 aromatic carbocycles. The summed E-state index contributed by atoms with van der Waals surface area (Å²) >= 11 is 5.67. The van der Waals surface area contributed by atoms with Gasteiger partial charge in [-0.1, -0.05) is 6.92 Å². The summed E-state index contributed by atoms with van der Waals surface area (Å²) in [5.74, 6) is 0.773. The van der Waals surface area contributed by atoms with Crippen LogP contribution in [0.4, 0.5) is 0 Å². The van der Waals surface area contributed by atoms with Gasteiger partial charge in [0, 0.05) is 18.5 Å². The molecule has 1 aliphatic heterocycles. The first-order valence-corrected chi connectivity index (χ1v) is 6.25. The Morgan fingerprint density at radius 3 is 3.00 bits per heavy atom. The third-order valence-electron chi connectivity index (χ3n) is 2.83. The standard InChI is InChI=1S/C11H20ClNO2/c1-2-10(5-6-12)13-11(14)9-4-3-7-15-8-9/h9-10H,2-8H2,1H3,(H,13,14). The molecule has 1 rings (SSSR count). The topological polar surface area (TPSA) is 38.3 Å². The number of ether oxygens (including phenoxy) is 1. The van der Waals surface area contributed by atoms with E-state index in [4.69, 9.17) is 16.3 Å². The minimum atomic E-state index is 0.0446. The smallest absolute Gasteiger partial charge is 0.225 e. The number of amides is 1. The van der Waals surface area contributed by atoms with Crippen molar-refractivity contribution in [3.05, 3.63) is 0 Å². The van der Waals surface area contributed by atoms with Gasteiger partial charge in [0.05, 0.1) is 12.5 Å². The van der Waals surface area contributed by atoms with Crippen molar-refractivity contribution in [1.82, 2.24) is 5.32 Å². The number of hydrogen-bond donors (Lipinski definition) is 1. The van der Waals surface area contributed by atoms with Gasteiger partial charge in [0.25, 0.3) is 0 Å². The molecule has 0 aliphatic carbocycles. The molecule has 15 heavy (non-hydrogen) atoms. The van der Waals surface area contributed by atoms with Crippen LogP contribution < -0.4 is 5.32 Å². The van der Waals surface area contributed by atoms with E-state index in [2.05, 4.69) is 12.2 Å². The molecule has 0 saturated carbocycles. The summed E-state index contributed by atoms with van der Waals surface area (Å²) in [6.07, 6.45) is 3.72. The lowest BCUT2D eigenvalue weighted by Crippen LogP contribution is -2.41. The van der Waals surface area contributed by atoms with Crippen molar-refractivity contribution in [2.75, 3.05) is 19.1 Å². The largest absolute Gasteiger partial charge is 0.381 e. The first kappa shape index (κ1) is 12.8. The van der Waals surface area contributed by atoms with Crippen molar-refractivity contribution in [2.45, 2.75) is 38.6 Å². The molecular formula is C11H20ClNO2. The van der Waals surface area contributed by atoms with Gasteiger partial charge < -0.3 is 10.1 Å². The van der Waals surface area contributed by atoms with Crippen LogP contribution in [0.2, 0.25) is 0 Å². The molecule has 0 aromatic heterocycles. The van der Waals surface area contributed by atoms with Crippen LogP contribution in [0.25, 0.3) is 0 Å². The zero-order valence-corrected chi connectivity index (χ0v) is 10.1. The molecule has 1 aliphatic rings. The first-order chi connectivity index (χ1) is 7.27. The van der Waals surface area contributed by atoms with E-state index in [9.17, 15) is 4.79 Å². The van der Waals surface area contributed by atoms with E-state index < -0.39 is 0 Å². The second kappa shape index (κ2) is 7.07. The van der Waals surface area contributed by atoms with Crippen LogP contribution in [0.3, 0.4) is 0 Å². The summed E-state index contributed by atoms with van der Waals surface area (Å²) in [6, 6.07) is 0.219. The Morgan fingerprint density at radius 2 is 2.47 bits per heavy atom. The van der Waals surface area contributed by atoms with Gasteiger partial charge in [-0.05, 0) is 25.7 Å². The summed E-state index contributed by atoms with van der Waals surface area (Å²) in [7, 11) is 0. The van der Waals surface area contributed by atoms with Crippen molar-refractivity contribution in [3.63, 3.8) is 0 Å². The van der Waals surface area contributed by atoms with Crippen molar-refractivity contribution < 1.29 is 9.53 Å². The fraction of sp³-hybridized carbons (Fsp3) is 0.909. The normalized spacial score (nSPS) is 23.5. The van der Waals surface area contributed by atoms with Crippen molar-refractivity contribution in [3.8, 4) is 0 Å². The molecule has 1 N–H and O–H groups in total. The molecule has 2 unspecified atom stereocenters. The average Bonchev–Trinajstić information content (AvgIpc) is 2.29. The maximum atomic E-state index is 11.8. The summed E-state index contributed by atoms with van der Waals surface area (Å²) in [5.41, 5.74) is 0. The molecule has 3 nitrogen and oxygen atoms in total. The van der Waals surface area contributed by atoms with E-state index in [0.717, 1.165) is 32.3 Å². The summed E-state index contributed by atoms with van der Waals surface area (Å²) in [5, 5.41) is 3.03. The molecule has 1 saturated heterocycles. The van der Waals surface area contributed by atoms with Gasteiger partial charge in [0.1, 0.15) is 0 Å². The Labute approximate surface area is 96.5 Å². The number of rotatable bonds is 5. The molecule has 0 aromatic rings. The molecule has 2 atom stereocenters. The Kier molecular flexibility index (Phi) is 6.03. The van der Waals surface area contributed by atoms with Crippen molar-refractivity contribution in [1.29, 1.82) is 0 Å². The fourth-order valence-corrected chi connectivity index (χ4v) is 2.04. The summed E-state index contributed by atoms with van der Waals surface area (Å²) in [6.45, 7) is 3.43. The molecule has 88 valence electrons. The van der Waals surface area contributed by atoms with E-state index in [1.165, 1.54) is 0 Å². The van der Waals surface area contributed by atoms with Crippen LogP contribution in [0.1, 0.15) is 32.6 Å². The molecular weight excluding hydrogens is 214 g/mol. The highest BCUT2D eigenvalue weighted by molar-refractivity contribution is 6.17. The van der Waals surface area contributed by atoms with E-state index in [1.54, 1.807) is 0 Å². The first-order valence-electron chi connectivity index (χ1n) is 5.72. The second-order valence-corrected chi connectivity index (χ2v) is 4.38. The number of halogens is 1. The van der Waals surface area contributed by atoms with E-state index in [0.29, 0.717) is 12.5 Å². The Bertz CT molecular complexity index is 193. The van der Waals surface area contributed by atoms with Crippen LogP contribution in [-0.2, 0) is 9.53 Å². The number of hydrogen-bond acceptors (Lipinski definition) is 2. The predicted octanol–water partition coefficient (Wildman–Crippen LogP) is 1.94. The highest BCUT2D eigenvalue weighted by Gasteiger charge is 2.23. The van der Waals surface area contributed by atoms with E-state index >= 15 is 0 Å². The van der Waals surface area contributed by atoms with Gasteiger partial charge in [-0.25, -0.2) is 0 Å². The highest BCUT2D eigenvalue weighted by atomic mass is 35.5. The van der Waals surface area contributed by atoms with Gasteiger partial charge in [-0.3, -0.25) is 4.79 Å². The van der Waals surface area contributed by atoms with Crippen LogP contribution in [0.15, 0.2) is 0 Å². The third-order valence-corrected chi connectivity index (χ3v) is 3.05. The molecule has 4 heteroatoms. The molecule has 0 bridgehead atoms. The highest BCUT2D eigenvalue weighted by Crippen LogP contribution is 2.14. The second-order valence-electron chi connectivity index (χ2n) is 4.01. The molecule has 0 spiro atoms. The lowest BCUT2D eigenvalue weighted by atomic mass is 10.0. The monoisotopic (exact) mass is 233 g/mol. The predicted molar refractivity (Wildman–Crippen MR) is 61.1 cm³/mol. The van der Waals surface area contributed by atoms with Gasteiger partial charge in [0.15, 0.2) is 0 Å². The lowest BCUT2D eigenvalue weighted by Gasteiger charge is -2.24. The van der Waals surface area contributed by atoms with E-state index in [-0.39, 0.29) is 17.9 Å². The van der Waals surface area contributed by atoms with Gasteiger partial charge >= 0.3 is 0 Å². The fourth-order valence-electron chi connectivity index (χ4n) is 1.78. The minimum Gasteiger partial charge on any atom is -0.381 e. The van der Waals surface area contributed by atoms with Gasteiger partial charge in [-0.15, -0.1) is 11.6 Å². The minimum absolute atomic E-state index is 0.0446. The van der Waals surface area contributed by atoms with Crippen LogP contribution in [0, 0.1) is 5.92 Å². The summed E-state index contributed by atoms with van der Waals surface area (Å²) < 4.78 is 5.29. The Balaban J connectivity index is 2.31. The van der Waals surface area contributed by atoms with E-state index in [1.807, 2.05) is 0 Å². The van der Waals surface area contributed by atoms with Gasteiger partial charge in [-0.2, -0.15) is 0 Å². The van der Waals surface area contributed by atoms with Crippen LogP contribution >= 0.6 is 11.6 Å². The number of alkyl halides is 1. The number of carbonyl (C=O) groups is 1. The summed E-state index contributed by atoms with van der Waals surface area (Å²) in [4.78, 5) is 11.8. The average molecular weight is 234 g/mol. The molecule has 1 amide bonds. The Hall–Kier alpha value is -0.280. The lowest BCUT2D eigenvalue weighted by molar-refractivity contribution is -0.129. The molecule has 1 fully saturated rings.